The predicted octanol–water partition coefficient (Wildman–Crippen LogP) is 3.94. The Kier molecular flexibility index (Phi) is 3.60. The number of hydrogen-bond donors (Lipinski definition) is 0. The van der Waals surface area contributed by atoms with Crippen LogP contribution < -0.4 is 9.91 Å². The van der Waals surface area contributed by atoms with Gasteiger partial charge in [-0.25, -0.2) is 5.01 Å². The fourth-order valence-electron chi connectivity index (χ4n) is 4.28. The molecule has 0 spiro atoms. The lowest BCUT2D eigenvalue weighted by atomic mass is 10.1. The summed E-state index contributed by atoms with van der Waals surface area (Å²) in [4.78, 5) is 2.54. The van der Waals surface area contributed by atoms with Gasteiger partial charge in [0.15, 0.2) is 0 Å². The molecule has 0 radical (unpaired) electrons. The lowest BCUT2D eigenvalue weighted by Gasteiger charge is -2.41. The van der Waals surface area contributed by atoms with E-state index in [1.165, 1.54) is 34.1 Å². The van der Waals surface area contributed by atoms with Gasteiger partial charge in [-0.05, 0) is 29.5 Å². The molecule has 0 saturated carbocycles. The van der Waals surface area contributed by atoms with Crippen molar-refractivity contribution in [3.05, 3.63) is 72.3 Å². The molecule has 0 bridgehead atoms. The Morgan fingerprint density at radius 3 is 2.24 bits per heavy atom. The van der Waals surface area contributed by atoms with E-state index in [1.807, 2.05) is 0 Å². The van der Waals surface area contributed by atoms with E-state index in [4.69, 9.17) is 0 Å². The Morgan fingerprint density at radius 1 is 0.600 bits per heavy atom. The van der Waals surface area contributed by atoms with Gasteiger partial charge in [-0.3, -0.25) is 0 Å². The second kappa shape index (κ2) is 6.08. The van der Waals surface area contributed by atoms with E-state index >= 15 is 0 Å². The summed E-state index contributed by atoms with van der Waals surface area (Å²) in [5.74, 6) is 0. The molecule has 2 aliphatic rings. The highest BCUT2D eigenvalue weighted by molar-refractivity contribution is 5.94. The van der Waals surface area contributed by atoms with Crippen LogP contribution >= 0.6 is 0 Å². The van der Waals surface area contributed by atoms with Gasteiger partial charge in [0, 0.05) is 43.8 Å². The summed E-state index contributed by atoms with van der Waals surface area (Å²) in [7, 11) is 0. The summed E-state index contributed by atoms with van der Waals surface area (Å²) in [6.07, 6.45) is 1.17. The zero-order chi connectivity index (χ0) is 16.6. The van der Waals surface area contributed by atoms with Gasteiger partial charge in [0.25, 0.3) is 0 Å². The van der Waals surface area contributed by atoms with Crippen molar-refractivity contribution in [2.24, 2.45) is 0 Å². The summed E-state index contributed by atoms with van der Waals surface area (Å²) in [5, 5.41) is 7.73. The van der Waals surface area contributed by atoms with Gasteiger partial charge >= 0.3 is 0 Å². The van der Waals surface area contributed by atoms with Crippen LogP contribution in [0.1, 0.15) is 5.56 Å². The van der Waals surface area contributed by atoms with E-state index < -0.39 is 0 Å². The smallest absolute Gasteiger partial charge is 0.0554 e. The Bertz CT molecular complexity index is 891. The molecule has 0 atom stereocenters. The maximum Gasteiger partial charge on any atom is 0.0554 e. The first-order chi connectivity index (χ1) is 12.4. The number of para-hydroxylation sites is 1. The van der Waals surface area contributed by atoms with Crippen LogP contribution in [0.25, 0.3) is 10.8 Å². The molecule has 1 fully saturated rings. The molecule has 25 heavy (non-hydrogen) atoms. The molecule has 0 N–H and O–H groups in total. The largest absolute Gasteiger partial charge is 0.368 e. The molecule has 5 rings (SSSR count). The lowest BCUT2D eigenvalue weighted by molar-refractivity contribution is 0.240. The van der Waals surface area contributed by atoms with Crippen LogP contribution in [0.5, 0.6) is 0 Å². The SMILES string of the molecule is c1ccc2c(c1)CCN2N1CCN(c2cccc3ccccc23)CC1. The Morgan fingerprint density at radius 2 is 1.32 bits per heavy atom. The zero-order valence-electron chi connectivity index (χ0n) is 14.4. The Balaban J connectivity index is 1.35. The molecule has 2 aliphatic heterocycles. The van der Waals surface area contributed by atoms with E-state index in [0.29, 0.717) is 0 Å². The van der Waals surface area contributed by atoms with Crippen molar-refractivity contribution in [2.45, 2.75) is 6.42 Å². The van der Waals surface area contributed by atoms with Crippen molar-refractivity contribution in [1.82, 2.24) is 5.01 Å². The third-order valence-corrected chi connectivity index (χ3v) is 5.57. The first kappa shape index (κ1) is 14.8. The van der Waals surface area contributed by atoms with Crippen molar-refractivity contribution in [3.8, 4) is 0 Å². The van der Waals surface area contributed by atoms with Crippen LogP contribution in [0, 0.1) is 0 Å². The molecule has 0 amide bonds. The van der Waals surface area contributed by atoms with Crippen molar-refractivity contribution in [3.63, 3.8) is 0 Å². The summed E-state index contributed by atoms with van der Waals surface area (Å²) < 4.78 is 0. The standard InChI is InChI=1S/C22H23N3/c1-3-9-20-18(6-1)8-5-11-22(20)23-14-16-24(17-15-23)25-13-12-19-7-2-4-10-21(19)25/h1-11H,12-17H2. The van der Waals surface area contributed by atoms with E-state index in [0.717, 1.165) is 32.7 Å². The van der Waals surface area contributed by atoms with Gasteiger partial charge in [0.05, 0.1) is 5.69 Å². The fraction of sp³-hybridized carbons (Fsp3) is 0.273. The highest BCUT2D eigenvalue weighted by Crippen LogP contribution is 2.31. The molecule has 0 aliphatic carbocycles. The van der Waals surface area contributed by atoms with Crippen LogP contribution in [0.3, 0.4) is 0 Å². The molecule has 3 nitrogen and oxygen atoms in total. The normalized spacial score (nSPS) is 17.9. The number of piperazine rings is 1. The second-order valence-electron chi connectivity index (χ2n) is 6.94. The summed E-state index contributed by atoms with van der Waals surface area (Å²) in [6.45, 7) is 5.43. The number of anilines is 2. The monoisotopic (exact) mass is 329 g/mol. The molecule has 3 heteroatoms. The van der Waals surface area contributed by atoms with E-state index in [2.05, 4.69) is 81.6 Å². The minimum absolute atomic E-state index is 1.08. The van der Waals surface area contributed by atoms with Crippen molar-refractivity contribution >= 4 is 22.1 Å². The topological polar surface area (TPSA) is 9.72 Å². The number of hydrogen-bond acceptors (Lipinski definition) is 3. The average Bonchev–Trinajstić information content (AvgIpc) is 3.12. The molecule has 3 aromatic rings. The van der Waals surface area contributed by atoms with Crippen molar-refractivity contribution in [2.75, 3.05) is 42.6 Å². The molecule has 0 aromatic heterocycles. The zero-order valence-corrected chi connectivity index (χ0v) is 14.4. The number of benzene rings is 3. The average molecular weight is 329 g/mol. The van der Waals surface area contributed by atoms with Gasteiger partial charge in [-0.2, -0.15) is 0 Å². The van der Waals surface area contributed by atoms with Crippen LogP contribution in [0.2, 0.25) is 0 Å². The van der Waals surface area contributed by atoms with Crippen molar-refractivity contribution < 1.29 is 0 Å². The van der Waals surface area contributed by atoms with E-state index in [1.54, 1.807) is 0 Å². The van der Waals surface area contributed by atoms with Gasteiger partial charge in [0.1, 0.15) is 0 Å². The Labute approximate surface area is 149 Å². The first-order valence-electron chi connectivity index (χ1n) is 9.23. The van der Waals surface area contributed by atoms with Crippen LogP contribution in [0.4, 0.5) is 11.4 Å². The first-order valence-corrected chi connectivity index (χ1v) is 9.23. The van der Waals surface area contributed by atoms with Gasteiger partial charge in [-0.1, -0.05) is 54.6 Å². The van der Waals surface area contributed by atoms with E-state index in [-0.39, 0.29) is 0 Å². The second-order valence-corrected chi connectivity index (χ2v) is 6.94. The van der Waals surface area contributed by atoms with Crippen LogP contribution in [0.15, 0.2) is 66.7 Å². The molecular formula is C22H23N3. The summed E-state index contributed by atoms with van der Waals surface area (Å²) in [5.41, 5.74) is 4.26. The fourth-order valence-corrected chi connectivity index (χ4v) is 4.28. The molecule has 3 aromatic carbocycles. The number of fused-ring (bicyclic) bond motifs is 2. The minimum atomic E-state index is 1.08. The van der Waals surface area contributed by atoms with Gasteiger partial charge in [0.2, 0.25) is 0 Å². The van der Waals surface area contributed by atoms with Gasteiger partial charge in [-0.15, -0.1) is 0 Å². The molecular weight excluding hydrogens is 306 g/mol. The lowest BCUT2D eigenvalue weighted by Crippen LogP contribution is -2.53. The highest BCUT2D eigenvalue weighted by Gasteiger charge is 2.27. The maximum atomic E-state index is 2.54. The number of hydrazine groups is 1. The quantitative estimate of drug-likeness (QED) is 0.705. The molecule has 2 heterocycles. The third kappa shape index (κ3) is 2.56. The van der Waals surface area contributed by atoms with E-state index in [9.17, 15) is 0 Å². The predicted molar refractivity (Wildman–Crippen MR) is 105 cm³/mol. The summed E-state index contributed by atoms with van der Waals surface area (Å²) in [6, 6.07) is 24.2. The van der Waals surface area contributed by atoms with Crippen LogP contribution in [-0.2, 0) is 6.42 Å². The van der Waals surface area contributed by atoms with Gasteiger partial charge < -0.3 is 9.91 Å². The van der Waals surface area contributed by atoms with Crippen LogP contribution in [-0.4, -0.2) is 37.7 Å². The number of rotatable bonds is 2. The summed E-state index contributed by atoms with van der Waals surface area (Å²) >= 11 is 0. The third-order valence-electron chi connectivity index (χ3n) is 5.57. The molecule has 1 saturated heterocycles. The number of nitrogens with zero attached hydrogens (tertiary/aromatic N) is 3. The van der Waals surface area contributed by atoms with Crippen molar-refractivity contribution in [1.29, 1.82) is 0 Å². The minimum Gasteiger partial charge on any atom is -0.368 e. The highest BCUT2D eigenvalue weighted by atomic mass is 15.6. The Hall–Kier alpha value is -2.52. The maximum absolute atomic E-state index is 2.54. The molecule has 0 unspecified atom stereocenters. The molecule has 126 valence electrons.